The Hall–Kier alpha value is -2.53. The van der Waals surface area contributed by atoms with Crippen LogP contribution < -0.4 is 0 Å². The van der Waals surface area contributed by atoms with E-state index in [1.165, 1.54) is 6.92 Å². The fourth-order valence-corrected chi connectivity index (χ4v) is 12.2. The summed E-state index contributed by atoms with van der Waals surface area (Å²) >= 11 is 1.56. The van der Waals surface area contributed by atoms with Crippen molar-refractivity contribution < 1.29 is 37.2 Å². The molecule has 3 nitrogen and oxygen atoms in total. The maximum atomic E-state index is 12.0. The predicted molar refractivity (Wildman–Crippen MR) is 136 cm³/mol. The van der Waals surface area contributed by atoms with E-state index in [0.29, 0.717) is 0 Å². The summed E-state index contributed by atoms with van der Waals surface area (Å²) in [4.78, 5) is 12.0. The number of carbonyl (C=O) groups excluding carboxylic acids is 1. The summed E-state index contributed by atoms with van der Waals surface area (Å²) in [7, 11) is 0. The van der Waals surface area contributed by atoms with Gasteiger partial charge in [0.25, 0.3) is 0 Å². The van der Waals surface area contributed by atoms with Crippen molar-refractivity contribution >= 4 is 21.9 Å². The van der Waals surface area contributed by atoms with Crippen LogP contribution in [-0.4, -0.2) is 5.97 Å². The summed E-state index contributed by atoms with van der Waals surface area (Å²) in [5.74, 6) is -0.244. The first-order chi connectivity index (χ1) is 17.1. The Balaban J connectivity index is 1.87. The summed E-state index contributed by atoms with van der Waals surface area (Å²) in [6.45, 7) is 1.48. The van der Waals surface area contributed by atoms with Crippen molar-refractivity contribution in [1.29, 1.82) is 0 Å². The molecule has 0 saturated heterocycles. The molecular weight excluding hydrogens is 689 g/mol. The number of hydrogen-bond acceptors (Lipinski definition) is 3. The van der Waals surface area contributed by atoms with Gasteiger partial charge in [0.15, 0.2) is 0 Å². The number of carbonyl (C=O) groups is 1. The molecule has 170 valence electrons. The molecular formula is C30H23BrHgO3. The van der Waals surface area contributed by atoms with Crippen LogP contribution in [0.25, 0.3) is 0 Å². The van der Waals surface area contributed by atoms with Crippen molar-refractivity contribution in [1.82, 2.24) is 0 Å². The molecule has 5 rings (SSSR count). The standard InChI is InChI=1S/C28H20BrO.C2H4O2.Hg/c29-26-21-27(22-13-5-1-6-14-22,23-15-7-2-8-16-23)30-28(26,24-17-9-3-10-18-24)25-19-11-4-12-20-25;1-2(3)4;/h1-20H;1H3,(H,3,4);/q;;+1/p-1. The Bertz CT molecular complexity index is 1260. The van der Waals surface area contributed by atoms with Crippen LogP contribution in [0.15, 0.2) is 129 Å². The average Bonchev–Trinajstić information content (AvgIpc) is 3.19. The molecule has 4 aromatic carbocycles. The summed E-state index contributed by atoms with van der Waals surface area (Å²) in [5, 5.41) is 0. The molecule has 0 bridgehead atoms. The minimum absolute atomic E-state index is 0.244. The van der Waals surface area contributed by atoms with Gasteiger partial charge in [0.2, 0.25) is 0 Å². The van der Waals surface area contributed by atoms with Crippen LogP contribution >= 0.6 is 15.9 Å². The number of ether oxygens (including phenoxy) is 1. The zero-order valence-electron chi connectivity index (χ0n) is 19.4. The molecule has 4 aromatic rings. The van der Waals surface area contributed by atoms with Crippen molar-refractivity contribution in [2.45, 2.75) is 18.1 Å². The van der Waals surface area contributed by atoms with E-state index >= 15 is 0 Å². The topological polar surface area (TPSA) is 35.5 Å². The van der Waals surface area contributed by atoms with E-state index in [2.05, 4.69) is 64.5 Å². The molecule has 35 heavy (non-hydrogen) atoms. The molecule has 1 aliphatic rings. The van der Waals surface area contributed by atoms with Gasteiger partial charge in [0.05, 0.1) is 0 Å². The maximum absolute atomic E-state index is 12.0. The molecule has 5 heteroatoms. The Morgan fingerprint density at radius 1 is 0.657 bits per heavy atom. The zero-order valence-corrected chi connectivity index (χ0v) is 26.4. The summed E-state index contributed by atoms with van der Waals surface area (Å²) in [6.07, 6.45) is 0. The molecule has 0 fully saturated rings. The van der Waals surface area contributed by atoms with E-state index in [9.17, 15) is 4.79 Å². The number of halogens is 1. The Kier molecular flexibility index (Phi) is 7.06. The SMILES string of the molecule is CC(=O)[O][Hg][C]1=C(Br)C(c2ccccc2)(c2ccccc2)OC1(c1ccccc1)c1ccccc1. The van der Waals surface area contributed by atoms with Crippen LogP contribution in [0.5, 0.6) is 0 Å². The van der Waals surface area contributed by atoms with Crippen LogP contribution in [0.1, 0.15) is 29.2 Å². The zero-order chi connectivity index (χ0) is 24.3. The van der Waals surface area contributed by atoms with Crippen molar-refractivity contribution in [2.24, 2.45) is 0 Å². The quantitative estimate of drug-likeness (QED) is 0.201. The Morgan fingerprint density at radius 3 is 1.34 bits per heavy atom. The van der Waals surface area contributed by atoms with E-state index in [0.717, 1.165) is 29.8 Å². The second-order valence-electron chi connectivity index (χ2n) is 8.50. The second-order valence-corrected chi connectivity index (χ2v) is 14.3. The van der Waals surface area contributed by atoms with Crippen molar-refractivity contribution in [3.63, 3.8) is 0 Å². The molecule has 0 aromatic heterocycles. The van der Waals surface area contributed by atoms with Gasteiger partial charge in [-0.05, 0) is 0 Å². The first-order valence-corrected chi connectivity index (χ1v) is 17.3. The average molecular weight is 712 g/mol. The van der Waals surface area contributed by atoms with Gasteiger partial charge in [-0.15, -0.1) is 0 Å². The molecule has 0 amide bonds. The third-order valence-electron chi connectivity index (χ3n) is 6.45. The van der Waals surface area contributed by atoms with Gasteiger partial charge in [0, 0.05) is 0 Å². The first-order valence-electron chi connectivity index (χ1n) is 11.5. The van der Waals surface area contributed by atoms with Crippen LogP contribution in [0, 0.1) is 0 Å². The van der Waals surface area contributed by atoms with Gasteiger partial charge in [-0.2, -0.15) is 0 Å². The van der Waals surface area contributed by atoms with Crippen LogP contribution in [-0.2, 0) is 48.4 Å². The number of hydrogen-bond donors (Lipinski definition) is 0. The molecule has 0 atom stereocenters. The normalized spacial score (nSPS) is 15.9. The third kappa shape index (κ3) is 4.22. The van der Waals surface area contributed by atoms with Crippen molar-refractivity contribution in [3.8, 4) is 0 Å². The van der Waals surface area contributed by atoms with E-state index in [1.807, 2.05) is 72.8 Å². The fraction of sp³-hybridized carbons (Fsp3) is 0.100. The first kappa shape index (κ1) is 24.2. The summed E-state index contributed by atoms with van der Waals surface area (Å²) < 4.78 is 15.4. The van der Waals surface area contributed by atoms with Gasteiger partial charge < -0.3 is 0 Å². The van der Waals surface area contributed by atoms with E-state index in [4.69, 9.17) is 7.38 Å². The Morgan fingerprint density at radius 2 is 1.00 bits per heavy atom. The van der Waals surface area contributed by atoms with Gasteiger partial charge in [-0.3, -0.25) is 0 Å². The van der Waals surface area contributed by atoms with Gasteiger partial charge in [0.1, 0.15) is 0 Å². The summed E-state index contributed by atoms with van der Waals surface area (Å²) in [6, 6.07) is 41.1. The molecule has 1 aliphatic heterocycles. The van der Waals surface area contributed by atoms with Crippen molar-refractivity contribution in [2.75, 3.05) is 0 Å². The molecule has 0 saturated carbocycles. The molecule has 0 unspecified atom stereocenters. The van der Waals surface area contributed by atoms with Gasteiger partial charge in [-0.25, -0.2) is 0 Å². The molecule has 0 radical (unpaired) electrons. The molecule has 1 heterocycles. The second kappa shape index (κ2) is 10.2. The predicted octanol–water partition coefficient (Wildman–Crippen LogP) is 7.07. The number of rotatable bonds is 6. The third-order valence-corrected chi connectivity index (χ3v) is 16.1. The molecule has 0 aliphatic carbocycles. The van der Waals surface area contributed by atoms with E-state index in [-0.39, 0.29) is 5.97 Å². The van der Waals surface area contributed by atoms with Crippen LogP contribution in [0.3, 0.4) is 0 Å². The molecule has 0 N–H and O–H groups in total. The summed E-state index contributed by atoms with van der Waals surface area (Å²) in [5.41, 5.74) is 2.26. The van der Waals surface area contributed by atoms with Crippen LogP contribution in [0.2, 0.25) is 0 Å². The van der Waals surface area contributed by atoms with Gasteiger partial charge in [-0.1, -0.05) is 0 Å². The fourth-order valence-electron chi connectivity index (χ4n) is 4.90. The van der Waals surface area contributed by atoms with E-state index < -0.39 is 36.2 Å². The Labute approximate surface area is 227 Å². The molecule has 0 spiro atoms. The van der Waals surface area contributed by atoms with Crippen molar-refractivity contribution in [3.05, 3.63) is 151 Å². The number of benzene rings is 4. The monoisotopic (exact) mass is 712 g/mol. The van der Waals surface area contributed by atoms with E-state index in [1.54, 1.807) is 0 Å². The van der Waals surface area contributed by atoms with Gasteiger partial charge >= 0.3 is 228 Å². The minimum atomic E-state index is -2.48. The van der Waals surface area contributed by atoms with Crippen LogP contribution in [0.4, 0.5) is 0 Å².